The maximum absolute atomic E-state index is 14.3. The Morgan fingerprint density at radius 3 is 1.38 bits per heavy atom. The number of hydrogen-bond donors (Lipinski definition) is 4. The highest BCUT2D eigenvalue weighted by Gasteiger charge is 2.45. The largest absolute Gasteiger partial charge is 0.454 e. The van der Waals surface area contributed by atoms with Crippen molar-refractivity contribution in [3.05, 3.63) is 197 Å². The summed E-state index contributed by atoms with van der Waals surface area (Å²) < 4.78 is 113. The lowest BCUT2D eigenvalue weighted by Crippen LogP contribution is -2.54. The number of urea groups is 4. The first kappa shape index (κ1) is 71.7. The number of halogens is 6. The highest BCUT2D eigenvalue weighted by molar-refractivity contribution is 6.05. The van der Waals surface area contributed by atoms with Crippen LogP contribution in [0.2, 0.25) is 0 Å². The summed E-state index contributed by atoms with van der Waals surface area (Å²) in [6, 6.07) is 5.85. The number of ether oxygens (including phenoxy) is 6. The fourth-order valence-corrected chi connectivity index (χ4v) is 9.10. The van der Waals surface area contributed by atoms with E-state index < -0.39 is 106 Å². The first-order valence-corrected chi connectivity index (χ1v) is 26.9. The second-order valence-corrected chi connectivity index (χ2v) is 18.8. The average molecular weight is 1290 g/mol. The smallest absolute Gasteiger partial charge is 0.421 e. The number of aliphatic imine (C=N–C) groups is 1. The maximum Gasteiger partial charge on any atom is 0.421 e. The minimum atomic E-state index is -1.41. The lowest BCUT2D eigenvalue weighted by atomic mass is 9.91. The Morgan fingerprint density at radius 1 is 0.609 bits per heavy atom. The lowest BCUT2D eigenvalue weighted by Gasteiger charge is -2.36. The number of Topliss-reactive ketones (excluding diaryl/α,β-unsaturated/α-hetero) is 1. The van der Waals surface area contributed by atoms with Gasteiger partial charge in [0.1, 0.15) is 23.7 Å². The van der Waals surface area contributed by atoms with Gasteiger partial charge in [-0.25, -0.2) is 87.8 Å². The quantitative estimate of drug-likeness (QED) is 0.0172. The second-order valence-electron chi connectivity index (χ2n) is 18.8. The van der Waals surface area contributed by atoms with Crippen molar-refractivity contribution in [1.29, 1.82) is 0 Å². The molecule has 3 heterocycles. The van der Waals surface area contributed by atoms with Crippen LogP contribution in [0, 0.1) is 58.2 Å². The van der Waals surface area contributed by atoms with E-state index in [2.05, 4.69) is 35.9 Å². The minimum absolute atomic E-state index is 0.000184. The molecule has 0 saturated heterocycles. The molecule has 0 aromatic heterocycles. The Kier molecular flexibility index (Phi) is 26.1. The van der Waals surface area contributed by atoms with E-state index in [1.807, 2.05) is 0 Å². The molecule has 4 aromatic rings. The number of carbonyl (C=O) groups excluding carboxylic acids is 8. The molecule has 33 heteroatoms. The number of ketones is 1. The Labute approximate surface area is 520 Å². The number of nitro benzene ring substituents is 1. The van der Waals surface area contributed by atoms with Crippen molar-refractivity contribution >= 4 is 59.5 Å². The van der Waals surface area contributed by atoms with Crippen molar-refractivity contribution in [2.24, 2.45) is 4.99 Å². The number of rotatable bonds is 19. The molecule has 4 aromatic carbocycles. The van der Waals surface area contributed by atoms with Crippen LogP contribution < -0.4 is 26.0 Å². The molecule has 9 amide bonds. The number of amides is 9. The predicted molar refractivity (Wildman–Crippen MR) is 308 cm³/mol. The van der Waals surface area contributed by atoms with Gasteiger partial charge in [-0.1, -0.05) is 25.1 Å². The molecule has 3 aliphatic heterocycles. The van der Waals surface area contributed by atoms with Crippen molar-refractivity contribution in [1.82, 2.24) is 36.0 Å². The zero-order valence-electron chi connectivity index (χ0n) is 49.8. The number of nitrogens with zero attached hydrogens (tertiary/aromatic N) is 7. The summed E-state index contributed by atoms with van der Waals surface area (Å²) in [6.07, 6.45) is -0.889. The number of hydrogen-bond acceptors (Lipinski definition) is 17. The number of methoxy groups -OCH3 is 3. The number of amidine groups is 1. The summed E-state index contributed by atoms with van der Waals surface area (Å²) >= 11 is 0. The van der Waals surface area contributed by atoms with Crippen molar-refractivity contribution in [3.8, 4) is 5.75 Å². The normalized spacial score (nSPS) is 16.0. The summed E-state index contributed by atoms with van der Waals surface area (Å²) in [7, 11) is 6.62. The second kappa shape index (κ2) is 33.5. The van der Waals surface area contributed by atoms with Crippen LogP contribution in [0.3, 0.4) is 0 Å². The maximum atomic E-state index is 14.3. The Balaban J connectivity index is 0.000000257. The van der Waals surface area contributed by atoms with E-state index in [0.29, 0.717) is 4.90 Å². The van der Waals surface area contributed by atoms with Crippen molar-refractivity contribution in [3.63, 3.8) is 0 Å². The molecule has 0 spiro atoms. The third-order valence-corrected chi connectivity index (χ3v) is 13.0. The number of nitro groups is 1. The number of nitrogens with one attached hydrogen (secondary N) is 4. The van der Waals surface area contributed by atoms with Gasteiger partial charge in [-0.15, -0.1) is 0 Å². The van der Waals surface area contributed by atoms with Gasteiger partial charge >= 0.3 is 42.2 Å². The first-order valence-electron chi connectivity index (χ1n) is 26.9. The highest BCUT2D eigenvalue weighted by atomic mass is 19.2. The molecule has 3 unspecified atom stereocenters. The molecule has 0 bridgehead atoms. The van der Waals surface area contributed by atoms with Crippen molar-refractivity contribution in [2.75, 3.05) is 81.5 Å². The molecular weight excluding hydrogens is 1230 g/mol. The number of carbonyl (C=O) groups is 8. The predicted octanol–water partition coefficient (Wildman–Crippen LogP) is 8.19. The van der Waals surface area contributed by atoms with Crippen LogP contribution in [0.25, 0.3) is 9.69 Å². The van der Waals surface area contributed by atoms with Crippen LogP contribution >= 0.6 is 0 Å². The van der Waals surface area contributed by atoms with Gasteiger partial charge in [-0.05, 0) is 72.1 Å². The van der Waals surface area contributed by atoms with Crippen molar-refractivity contribution < 1.29 is 98.0 Å². The van der Waals surface area contributed by atoms with E-state index in [9.17, 15) is 74.8 Å². The van der Waals surface area contributed by atoms with E-state index in [-0.39, 0.29) is 120 Å². The molecule has 4 N–H and O–H groups in total. The summed E-state index contributed by atoms with van der Waals surface area (Å²) in [6.45, 7) is 15.4. The van der Waals surface area contributed by atoms with Crippen LogP contribution in [-0.4, -0.2) is 155 Å². The van der Waals surface area contributed by atoms with Gasteiger partial charge in [-0.2, -0.15) is 0 Å². The van der Waals surface area contributed by atoms with E-state index in [1.165, 1.54) is 66.6 Å². The van der Waals surface area contributed by atoms with Crippen LogP contribution in [0.5, 0.6) is 5.75 Å². The molecule has 7 rings (SSSR count). The summed E-state index contributed by atoms with van der Waals surface area (Å²) in [5.74, 6) is -9.22. The van der Waals surface area contributed by atoms with Gasteiger partial charge in [-0.3, -0.25) is 19.8 Å². The number of esters is 2. The fraction of sp³-hybridized carbons (Fsp3) is 0.305. The monoisotopic (exact) mass is 1290 g/mol. The standard InChI is InChI=1S/C25H22F2N4O7.C18H18F2N4O5.C16H17F2N3O4/c1-4-21-29-20(14-36-3)22(24(32)37-12-11-28-2)23(15-5-10-18(26)19(27)13-15)30(21)25(33)38-17-8-6-16(7-9-17)31(34)35;1-21-6-7-29-16(25)14-13(9-28-3)23-18(27)24(17(26)22-2)15(14)10-4-5-11(19)12(20)8-10;1-8(22)13-12(7-25-3)20-16(24)21(15(23)19-2)14(13)9-4-5-10(17)11(18)6-9/h5-10,13,23H,4,11-12,14H2,1,3H3;4-5,8,15H,6-7,9H2,2-3H3,(H,22,26)(H,23,27);4-6,14H,7H2,1-3H3,(H,19,23)(H,20,24). The van der Waals surface area contributed by atoms with Crippen molar-refractivity contribution in [2.45, 2.75) is 38.4 Å². The average Bonchev–Trinajstić information content (AvgIpc) is 0.812. The van der Waals surface area contributed by atoms with Crippen LogP contribution in [-0.2, 0) is 38.1 Å². The molecule has 0 radical (unpaired) electrons. The van der Waals surface area contributed by atoms with E-state index in [0.717, 1.165) is 64.4 Å². The van der Waals surface area contributed by atoms with E-state index in [4.69, 9.17) is 41.6 Å². The zero-order chi connectivity index (χ0) is 68.1. The third kappa shape index (κ3) is 17.2. The number of imide groups is 2. The zero-order valence-corrected chi connectivity index (χ0v) is 49.8. The van der Waals surface area contributed by atoms with Gasteiger partial charge in [0, 0.05) is 59.6 Å². The van der Waals surface area contributed by atoms with Crippen LogP contribution in [0.1, 0.15) is 55.1 Å². The van der Waals surface area contributed by atoms with Crippen LogP contribution in [0.4, 0.5) is 56.0 Å². The lowest BCUT2D eigenvalue weighted by molar-refractivity contribution is -0.384. The summed E-state index contributed by atoms with van der Waals surface area (Å²) in [5.41, 5.74) is -0.264. The van der Waals surface area contributed by atoms with E-state index >= 15 is 0 Å². The van der Waals surface area contributed by atoms with Gasteiger partial charge in [0.2, 0.25) is 13.1 Å². The first-order chi connectivity index (χ1) is 43.9. The topological polar surface area (TPSA) is 314 Å². The number of benzene rings is 4. The molecule has 3 aliphatic rings. The summed E-state index contributed by atoms with van der Waals surface area (Å²) in [4.78, 5) is 124. The summed E-state index contributed by atoms with van der Waals surface area (Å²) in [5, 5.41) is 20.3. The van der Waals surface area contributed by atoms with Gasteiger partial charge in [0.15, 0.2) is 53.9 Å². The SMILES string of the molecule is CNC(=O)N1C(=O)NC(COC)=C(C(C)=O)C1c1ccc(F)c(F)c1.[C-]#[N+]CCOC(=O)C1=C(COC)N=C(CC)N(C(=O)Oc2ccc([N+](=O)[O-])cc2)C1c1ccc(F)c(F)c1.[C-]#[N+]CCOC(=O)C1=C(COC)NC(=O)N(C(=O)NC)C1c1ccc(F)c(F)c1. The minimum Gasteiger partial charge on any atom is -0.454 e. The van der Waals surface area contributed by atoms with Gasteiger partial charge < -0.3 is 59.4 Å². The molecule has 0 saturated carbocycles. The molecule has 0 fully saturated rings. The van der Waals surface area contributed by atoms with Gasteiger partial charge in [0.05, 0.1) is 59.0 Å². The Hall–Kier alpha value is -11.0. The molecule has 486 valence electrons. The highest BCUT2D eigenvalue weighted by Crippen LogP contribution is 2.40. The fourth-order valence-electron chi connectivity index (χ4n) is 9.10. The molecular formula is C59H57F6N11O16. The number of non-ortho nitro benzene ring substituents is 1. The van der Waals surface area contributed by atoms with Gasteiger partial charge in [0.25, 0.3) is 5.69 Å². The molecule has 27 nitrogen and oxygen atoms in total. The molecule has 3 atom stereocenters. The van der Waals surface area contributed by atoms with Crippen LogP contribution in [0.15, 0.2) is 118 Å². The third-order valence-electron chi connectivity index (χ3n) is 13.0. The Bertz CT molecular complexity index is 3740. The molecule has 0 aliphatic carbocycles. The molecule has 92 heavy (non-hydrogen) atoms. The van der Waals surface area contributed by atoms with E-state index in [1.54, 1.807) is 6.92 Å². The Morgan fingerprint density at radius 2 is 1.01 bits per heavy atom.